The van der Waals surface area contributed by atoms with Gasteiger partial charge in [0.15, 0.2) is 0 Å². The molecule has 1 aliphatic rings. The number of aryl methyl sites for hydroxylation is 1. The number of ether oxygens (including phenoxy) is 1. The third-order valence-electron chi connectivity index (χ3n) is 4.92. The lowest BCUT2D eigenvalue weighted by molar-refractivity contribution is -0.116. The summed E-state index contributed by atoms with van der Waals surface area (Å²) in [4.78, 5) is 21.1. The summed E-state index contributed by atoms with van der Waals surface area (Å²) in [5, 5.41) is 14.6. The molecule has 3 aromatic heterocycles. The van der Waals surface area contributed by atoms with Crippen molar-refractivity contribution in [1.29, 1.82) is 0 Å². The van der Waals surface area contributed by atoms with Crippen molar-refractivity contribution in [3.05, 3.63) is 48.2 Å². The van der Waals surface area contributed by atoms with Crippen LogP contribution in [0.5, 0.6) is 6.01 Å². The van der Waals surface area contributed by atoms with Gasteiger partial charge in [-0.05, 0) is 53.5 Å². The fourth-order valence-electron chi connectivity index (χ4n) is 3.25. The Morgan fingerprint density at radius 2 is 2.03 bits per heavy atom. The van der Waals surface area contributed by atoms with Gasteiger partial charge >= 0.3 is 6.01 Å². The lowest BCUT2D eigenvalue weighted by atomic mass is 10.3. The third kappa shape index (κ3) is 3.71. The molecule has 0 unspecified atom stereocenters. The Morgan fingerprint density at radius 1 is 1.17 bits per heavy atom. The maximum atomic E-state index is 12.0. The Bertz CT molecular complexity index is 1210. The number of pyridine rings is 1. The number of carbonyl (C=O) groups is 1. The van der Waals surface area contributed by atoms with E-state index in [0.29, 0.717) is 35.8 Å². The maximum Gasteiger partial charge on any atom is 0.305 e. The van der Waals surface area contributed by atoms with E-state index in [0.717, 1.165) is 23.9 Å². The molecule has 1 saturated carbocycles. The van der Waals surface area contributed by atoms with Gasteiger partial charge in [-0.1, -0.05) is 23.3 Å². The summed E-state index contributed by atoms with van der Waals surface area (Å²) in [7, 11) is 1.75. The highest BCUT2D eigenvalue weighted by atomic mass is 16.5. The number of hydrogen-bond acceptors (Lipinski definition) is 7. The Kier molecular flexibility index (Phi) is 4.58. The Balaban J connectivity index is 1.37. The number of para-hydroxylation sites is 2. The smallest absolute Gasteiger partial charge is 0.305 e. The number of amides is 1. The summed E-state index contributed by atoms with van der Waals surface area (Å²) in [6.45, 7) is 0.181. The normalized spacial score (nSPS) is 13.5. The molecule has 4 aromatic rings. The monoisotopic (exact) mass is 404 g/mol. The van der Waals surface area contributed by atoms with Gasteiger partial charge in [0.05, 0.1) is 16.7 Å². The molecule has 0 saturated heterocycles. The summed E-state index contributed by atoms with van der Waals surface area (Å²) in [6.07, 6.45) is 2.83. The zero-order valence-corrected chi connectivity index (χ0v) is 16.4. The van der Waals surface area contributed by atoms with Gasteiger partial charge in [0.2, 0.25) is 5.91 Å². The van der Waals surface area contributed by atoms with E-state index in [1.807, 2.05) is 36.4 Å². The predicted molar refractivity (Wildman–Crippen MR) is 108 cm³/mol. The quantitative estimate of drug-likeness (QED) is 0.503. The third-order valence-corrected chi connectivity index (χ3v) is 4.92. The number of imidazole rings is 1. The van der Waals surface area contributed by atoms with Crippen molar-refractivity contribution >= 4 is 22.8 Å². The van der Waals surface area contributed by atoms with Crippen LogP contribution >= 0.6 is 0 Å². The first kappa shape index (κ1) is 18.2. The van der Waals surface area contributed by atoms with Crippen molar-refractivity contribution < 1.29 is 9.53 Å². The molecule has 5 rings (SSSR count). The summed E-state index contributed by atoms with van der Waals surface area (Å²) in [5.74, 6) is 1.54. The lowest BCUT2D eigenvalue weighted by Gasteiger charge is -2.09. The predicted octanol–water partition coefficient (Wildman–Crippen LogP) is 2.26. The Morgan fingerprint density at radius 3 is 2.83 bits per heavy atom. The van der Waals surface area contributed by atoms with Crippen molar-refractivity contribution in [2.24, 2.45) is 13.0 Å². The summed E-state index contributed by atoms with van der Waals surface area (Å²) in [5.41, 5.74) is 2.28. The highest BCUT2D eigenvalue weighted by molar-refractivity contribution is 5.90. The molecule has 0 radical (unpaired) electrons. The van der Waals surface area contributed by atoms with Crippen LogP contribution in [0.4, 0.5) is 5.82 Å². The van der Waals surface area contributed by atoms with Crippen molar-refractivity contribution in [1.82, 2.24) is 34.7 Å². The lowest BCUT2D eigenvalue weighted by Crippen LogP contribution is -2.14. The van der Waals surface area contributed by atoms with Crippen LogP contribution in [-0.4, -0.2) is 40.6 Å². The Hall–Kier alpha value is -3.82. The minimum Gasteiger partial charge on any atom is -0.458 e. The van der Waals surface area contributed by atoms with E-state index in [2.05, 4.69) is 30.8 Å². The number of benzene rings is 1. The molecule has 1 aromatic carbocycles. The number of tetrazole rings is 1. The van der Waals surface area contributed by atoms with E-state index < -0.39 is 0 Å². The highest BCUT2D eigenvalue weighted by Gasteiger charge is 2.24. The molecule has 1 N–H and O–H groups in total. The minimum absolute atomic E-state index is 0.000330. The van der Waals surface area contributed by atoms with Crippen LogP contribution in [0.2, 0.25) is 0 Å². The number of aromatic nitrogens is 7. The first-order chi connectivity index (χ1) is 14.7. The van der Waals surface area contributed by atoms with Gasteiger partial charge < -0.3 is 10.1 Å². The van der Waals surface area contributed by atoms with Crippen molar-refractivity contribution in [3.8, 4) is 12.0 Å². The number of nitrogens with zero attached hydrogens (tertiary/aromatic N) is 7. The number of carbonyl (C=O) groups excluding carboxylic acids is 1. The number of nitrogens with one attached hydrogen (secondary N) is 1. The van der Waals surface area contributed by atoms with Crippen LogP contribution in [0.3, 0.4) is 0 Å². The van der Waals surface area contributed by atoms with Gasteiger partial charge in [0.25, 0.3) is 5.95 Å². The molecule has 3 heterocycles. The summed E-state index contributed by atoms with van der Waals surface area (Å²) < 4.78 is 9.30. The largest absolute Gasteiger partial charge is 0.458 e. The second kappa shape index (κ2) is 7.54. The average Bonchev–Trinajstić information content (AvgIpc) is 3.33. The minimum atomic E-state index is -0.000330. The zero-order valence-electron chi connectivity index (χ0n) is 16.4. The fourth-order valence-corrected chi connectivity index (χ4v) is 3.25. The molecule has 0 spiro atoms. The van der Waals surface area contributed by atoms with Crippen LogP contribution in [0.1, 0.15) is 25.0 Å². The zero-order chi connectivity index (χ0) is 20.5. The van der Waals surface area contributed by atoms with Crippen LogP contribution in [0, 0.1) is 5.92 Å². The molecular weight excluding hydrogens is 384 g/mol. The molecule has 152 valence electrons. The molecule has 10 heteroatoms. The topological polar surface area (TPSA) is 113 Å². The molecule has 0 bridgehead atoms. The van der Waals surface area contributed by atoms with Gasteiger partial charge in [-0.25, -0.2) is 14.2 Å². The van der Waals surface area contributed by atoms with Crippen molar-refractivity contribution in [3.63, 3.8) is 0 Å². The van der Waals surface area contributed by atoms with Crippen LogP contribution in [0.15, 0.2) is 42.5 Å². The second-order valence-electron chi connectivity index (χ2n) is 7.32. The van der Waals surface area contributed by atoms with Crippen LogP contribution < -0.4 is 10.1 Å². The first-order valence-corrected chi connectivity index (χ1v) is 9.76. The van der Waals surface area contributed by atoms with Crippen molar-refractivity contribution in [2.45, 2.75) is 25.9 Å². The molecule has 1 fully saturated rings. The molecule has 0 aliphatic heterocycles. The van der Waals surface area contributed by atoms with E-state index in [1.54, 1.807) is 22.4 Å². The fraction of sp³-hybridized carbons (Fsp3) is 0.300. The summed E-state index contributed by atoms with van der Waals surface area (Å²) in [6, 6.07) is 13.5. The average molecular weight is 404 g/mol. The van der Waals surface area contributed by atoms with E-state index in [1.165, 1.54) is 0 Å². The summed E-state index contributed by atoms with van der Waals surface area (Å²) >= 11 is 0. The van der Waals surface area contributed by atoms with E-state index in [9.17, 15) is 4.79 Å². The number of rotatable bonds is 7. The number of fused-ring (bicyclic) bond motifs is 1. The van der Waals surface area contributed by atoms with Gasteiger partial charge in [0.1, 0.15) is 12.4 Å². The van der Waals surface area contributed by atoms with Crippen LogP contribution in [0.25, 0.3) is 17.0 Å². The van der Waals surface area contributed by atoms with E-state index >= 15 is 0 Å². The first-order valence-electron chi connectivity index (χ1n) is 9.76. The molecule has 10 nitrogen and oxygen atoms in total. The standard InChI is InChI=1S/C20H20N8O2/c1-27-19(24-25-26-27)28-16-7-3-2-6-15(16)22-20(28)30-12-14-5-4-8-17(21-14)23-18(29)11-13-9-10-13/h2-8,13H,9-12H2,1H3,(H,21,23,29). The Labute approximate surface area is 171 Å². The molecule has 30 heavy (non-hydrogen) atoms. The van der Waals surface area contributed by atoms with Gasteiger partial charge in [0, 0.05) is 13.5 Å². The van der Waals surface area contributed by atoms with Crippen molar-refractivity contribution in [2.75, 3.05) is 5.32 Å². The highest BCUT2D eigenvalue weighted by Crippen LogP contribution is 2.32. The van der Waals surface area contributed by atoms with Gasteiger partial charge in [-0.3, -0.25) is 4.79 Å². The number of anilines is 1. The maximum absolute atomic E-state index is 12.0. The SMILES string of the molecule is Cn1nnnc1-n1c(OCc2cccc(NC(=O)CC3CC3)n2)nc2ccccc21. The van der Waals surface area contributed by atoms with Gasteiger partial charge in [-0.15, -0.1) is 0 Å². The van der Waals surface area contributed by atoms with E-state index in [-0.39, 0.29) is 12.5 Å². The van der Waals surface area contributed by atoms with Gasteiger partial charge in [-0.2, -0.15) is 4.98 Å². The second-order valence-corrected chi connectivity index (χ2v) is 7.32. The molecule has 1 aliphatic carbocycles. The number of hydrogen-bond donors (Lipinski definition) is 1. The molecule has 1 amide bonds. The van der Waals surface area contributed by atoms with E-state index in [4.69, 9.17) is 4.74 Å². The molecular formula is C20H20N8O2. The van der Waals surface area contributed by atoms with Crippen LogP contribution in [-0.2, 0) is 18.4 Å². The molecule has 0 atom stereocenters.